The molecule has 0 spiro atoms. The lowest BCUT2D eigenvalue weighted by molar-refractivity contribution is 0.628. The number of nitrogens with zero attached hydrogens (tertiary/aromatic N) is 3. The van der Waals surface area contributed by atoms with Crippen molar-refractivity contribution >= 4 is 11.5 Å². The average molecular weight is 255 g/mol. The second-order valence-electron chi connectivity index (χ2n) is 4.24. The zero-order chi connectivity index (χ0) is 13.4. The first-order valence-electron chi connectivity index (χ1n) is 5.78. The third-order valence-corrected chi connectivity index (χ3v) is 3.02. The first-order valence-corrected chi connectivity index (χ1v) is 5.78. The van der Waals surface area contributed by atoms with Crippen molar-refractivity contribution in [1.29, 1.82) is 0 Å². The Balaban J connectivity index is 2.32. The minimum absolute atomic E-state index is 0.236. The van der Waals surface area contributed by atoms with E-state index in [9.17, 15) is 9.30 Å². The van der Waals surface area contributed by atoms with Gasteiger partial charge in [-0.2, -0.15) is 0 Å². The number of pyridine rings is 1. The standard InChI is InChI=1S/C14H10FN3O/c1-9-3-2-4-12-16-13(14(17-19)18(9)12)10-5-7-11(15)8-6-10/h2-8H,1H3. The lowest BCUT2D eigenvalue weighted by Crippen LogP contribution is -1.88. The number of hydrogen-bond donors (Lipinski definition) is 0. The van der Waals surface area contributed by atoms with E-state index in [1.54, 1.807) is 22.6 Å². The highest BCUT2D eigenvalue weighted by Crippen LogP contribution is 2.31. The second-order valence-corrected chi connectivity index (χ2v) is 4.24. The lowest BCUT2D eigenvalue weighted by Gasteiger charge is -2.00. The Labute approximate surface area is 108 Å². The summed E-state index contributed by atoms with van der Waals surface area (Å²) in [6.45, 7) is 1.87. The normalized spacial score (nSPS) is 10.8. The zero-order valence-corrected chi connectivity index (χ0v) is 10.2. The number of imidazole rings is 1. The number of nitroso groups, excluding NO2 is 1. The van der Waals surface area contributed by atoms with Crippen LogP contribution in [0.25, 0.3) is 16.9 Å². The maximum absolute atomic E-state index is 12.9. The van der Waals surface area contributed by atoms with Crippen molar-refractivity contribution in [3.05, 3.63) is 58.9 Å². The average Bonchev–Trinajstić information content (AvgIpc) is 2.79. The van der Waals surface area contributed by atoms with Gasteiger partial charge in [-0.3, -0.25) is 4.40 Å². The molecule has 3 rings (SSSR count). The molecule has 0 aliphatic heterocycles. The van der Waals surface area contributed by atoms with Crippen LogP contribution in [0.4, 0.5) is 10.2 Å². The van der Waals surface area contributed by atoms with Crippen LogP contribution < -0.4 is 0 Å². The number of aromatic nitrogens is 2. The molecule has 0 aliphatic carbocycles. The van der Waals surface area contributed by atoms with E-state index in [1.165, 1.54) is 12.1 Å². The summed E-state index contributed by atoms with van der Waals surface area (Å²) in [5.74, 6) is -0.0935. The molecule has 2 aromatic heterocycles. The van der Waals surface area contributed by atoms with Gasteiger partial charge in [0.1, 0.15) is 17.2 Å². The van der Waals surface area contributed by atoms with Crippen molar-refractivity contribution in [2.24, 2.45) is 5.18 Å². The Morgan fingerprint density at radius 2 is 1.89 bits per heavy atom. The topological polar surface area (TPSA) is 46.7 Å². The number of rotatable bonds is 2. The summed E-state index contributed by atoms with van der Waals surface area (Å²) in [4.78, 5) is 15.5. The van der Waals surface area contributed by atoms with Crippen LogP contribution in [0.1, 0.15) is 5.69 Å². The predicted molar refractivity (Wildman–Crippen MR) is 70.8 cm³/mol. The fraction of sp³-hybridized carbons (Fsp3) is 0.0714. The summed E-state index contributed by atoms with van der Waals surface area (Å²) in [6, 6.07) is 11.4. The van der Waals surface area contributed by atoms with Gasteiger partial charge < -0.3 is 0 Å². The highest BCUT2D eigenvalue weighted by molar-refractivity contribution is 5.74. The molecule has 0 amide bonds. The summed E-state index contributed by atoms with van der Waals surface area (Å²) in [7, 11) is 0. The molecule has 0 radical (unpaired) electrons. The third kappa shape index (κ3) is 1.79. The summed E-state index contributed by atoms with van der Waals surface area (Å²) < 4.78 is 14.6. The molecule has 0 saturated carbocycles. The molecule has 0 saturated heterocycles. The van der Waals surface area contributed by atoms with E-state index in [2.05, 4.69) is 10.2 Å². The molecule has 1 aromatic carbocycles. The van der Waals surface area contributed by atoms with Gasteiger partial charge in [0.25, 0.3) is 0 Å². The quantitative estimate of drug-likeness (QED) is 0.653. The number of aryl methyl sites for hydroxylation is 1. The summed E-state index contributed by atoms with van der Waals surface area (Å²) in [5.41, 5.74) is 2.64. The summed E-state index contributed by atoms with van der Waals surface area (Å²) in [6.07, 6.45) is 0. The summed E-state index contributed by atoms with van der Waals surface area (Å²) >= 11 is 0. The highest BCUT2D eigenvalue weighted by atomic mass is 19.1. The first kappa shape index (κ1) is 11.5. The van der Waals surface area contributed by atoms with Crippen LogP contribution >= 0.6 is 0 Å². The minimum Gasteiger partial charge on any atom is -0.278 e. The molecule has 3 aromatic rings. The van der Waals surface area contributed by atoms with Gasteiger partial charge in [0.15, 0.2) is 0 Å². The van der Waals surface area contributed by atoms with Gasteiger partial charge in [0.05, 0.1) is 0 Å². The van der Waals surface area contributed by atoms with Gasteiger partial charge in [0, 0.05) is 11.3 Å². The van der Waals surface area contributed by atoms with E-state index in [0.717, 1.165) is 5.69 Å². The fourth-order valence-electron chi connectivity index (χ4n) is 2.12. The van der Waals surface area contributed by atoms with Crippen molar-refractivity contribution in [1.82, 2.24) is 9.38 Å². The van der Waals surface area contributed by atoms with Crippen LogP contribution in [-0.2, 0) is 0 Å². The molecule has 2 heterocycles. The predicted octanol–water partition coefficient (Wildman–Crippen LogP) is 3.85. The Morgan fingerprint density at radius 1 is 1.16 bits per heavy atom. The van der Waals surface area contributed by atoms with E-state index < -0.39 is 0 Å². The van der Waals surface area contributed by atoms with Gasteiger partial charge in [-0.05, 0) is 48.5 Å². The molecule has 0 fully saturated rings. The number of hydrogen-bond acceptors (Lipinski definition) is 3. The maximum Gasteiger partial charge on any atom is 0.209 e. The van der Waals surface area contributed by atoms with Crippen LogP contribution in [0.5, 0.6) is 0 Å². The number of halogens is 1. The minimum atomic E-state index is -0.329. The molecule has 4 nitrogen and oxygen atoms in total. The molecular formula is C14H10FN3O. The van der Waals surface area contributed by atoms with Crippen molar-refractivity contribution in [3.8, 4) is 11.3 Å². The Hall–Kier alpha value is -2.56. The van der Waals surface area contributed by atoms with Crippen LogP contribution in [0.15, 0.2) is 47.6 Å². The molecule has 5 heteroatoms. The Bertz CT molecular complexity index is 762. The zero-order valence-electron chi connectivity index (χ0n) is 10.2. The van der Waals surface area contributed by atoms with E-state index in [0.29, 0.717) is 16.9 Å². The van der Waals surface area contributed by atoms with Gasteiger partial charge >= 0.3 is 0 Å². The maximum atomic E-state index is 12.9. The van der Waals surface area contributed by atoms with E-state index in [4.69, 9.17) is 0 Å². The van der Waals surface area contributed by atoms with Gasteiger partial charge in [-0.25, -0.2) is 9.37 Å². The molecule has 0 atom stereocenters. The second kappa shape index (κ2) is 4.28. The van der Waals surface area contributed by atoms with Crippen molar-refractivity contribution < 1.29 is 4.39 Å². The van der Waals surface area contributed by atoms with E-state index >= 15 is 0 Å². The van der Waals surface area contributed by atoms with Gasteiger partial charge in [-0.1, -0.05) is 6.07 Å². The Kier molecular flexibility index (Phi) is 2.59. The van der Waals surface area contributed by atoms with Crippen LogP contribution in [0, 0.1) is 17.6 Å². The third-order valence-electron chi connectivity index (χ3n) is 3.02. The molecule has 0 bridgehead atoms. The molecule has 94 valence electrons. The van der Waals surface area contributed by atoms with Crippen molar-refractivity contribution in [3.63, 3.8) is 0 Å². The SMILES string of the molecule is Cc1cccc2nc(-c3ccc(F)cc3)c(N=O)n12. The molecule has 19 heavy (non-hydrogen) atoms. The molecule has 0 unspecified atom stereocenters. The van der Waals surface area contributed by atoms with Gasteiger partial charge in [0.2, 0.25) is 5.82 Å². The number of fused-ring (bicyclic) bond motifs is 1. The van der Waals surface area contributed by atoms with Crippen LogP contribution in [0.2, 0.25) is 0 Å². The fourth-order valence-corrected chi connectivity index (χ4v) is 2.12. The Morgan fingerprint density at radius 3 is 2.58 bits per heavy atom. The number of benzene rings is 1. The van der Waals surface area contributed by atoms with Crippen LogP contribution in [0.3, 0.4) is 0 Å². The largest absolute Gasteiger partial charge is 0.278 e. The van der Waals surface area contributed by atoms with E-state index in [-0.39, 0.29) is 11.6 Å². The molecule has 0 aliphatic rings. The van der Waals surface area contributed by atoms with Crippen molar-refractivity contribution in [2.75, 3.05) is 0 Å². The van der Waals surface area contributed by atoms with E-state index in [1.807, 2.05) is 19.1 Å². The van der Waals surface area contributed by atoms with Crippen molar-refractivity contribution in [2.45, 2.75) is 6.92 Å². The van der Waals surface area contributed by atoms with Gasteiger partial charge in [-0.15, -0.1) is 4.91 Å². The molecule has 0 N–H and O–H groups in total. The first-order chi connectivity index (χ1) is 9.20. The van der Waals surface area contributed by atoms with Crippen LogP contribution in [-0.4, -0.2) is 9.38 Å². The highest BCUT2D eigenvalue weighted by Gasteiger charge is 2.15. The lowest BCUT2D eigenvalue weighted by atomic mass is 10.1. The summed E-state index contributed by atoms with van der Waals surface area (Å²) in [5, 5.41) is 3.08. The smallest absolute Gasteiger partial charge is 0.209 e. The monoisotopic (exact) mass is 255 g/mol. The molecular weight excluding hydrogens is 245 g/mol.